The third kappa shape index (κ3) is 1.78. The standard InChI is InChI=1S/C9H14N2O/c1-2-4-8(3-1)7-12-9-5-10-11-6-9/h5-6,8H,1-4,7H2,(H,10,11). The first kappa shape index (κ1) is 7.65. The maximum absolute atomic E-state index is 5.54. The molecule has 1 saturated carbocycles. The second-order valence-corrected chi connectivity index (χ2v) is 3.40. The molecule has 1 aliphatic carbocycles. The Morgan fingerprint density at radius 1 is 1.50 bits per heavy atom. The molecule has 0 bridgehead atoms. The van der Waals surface area contributed by atoms with Gasteiger partial charge < -0.3 is 4.74 Å². The molecule has 0 saturated heterocycles. The highest BCUT2D eigenvalue weighted by Gasteiger charge is 2.15. The second kappa shape index (κ2) is 3.61. The maximum atomic E-state index is 5.54. The summed E-state index contributed by atoms with van der Waals surface area (Å²) in [5, 5.41) is 6.55. The van der Waals surface area contributed by atoms with Gasteiger partial charge in [-0.05, 0) is 18.8 Å². The lowest BCUT2D eigenvalue weighted by Crippen LogP contribution is -2.07. The highest BCUT2D eigenvalue weighted by molar-refractivity contribution is 5.09. The molecule has 1 fully saturated rings. The normalized spacial score (nSPS) is 18.3. The molecule has 1 aliphatic rings. The van der Waals surface area contributed by atoms with Gasteiger partial charge in [-0.15, -0.1) is 0 Å². The van der Waals surface area contributed by atoms with Gasteiger partial charge in [0.05, 0.1) is 19.0 Å². The van der Waals surface area contributed by atoms with Crippen LogP contribution in [0.5, 0.6) is 5.75 Å². The van der Waals surface area contributed by atoms with Gasteiger partial charge >= 0.3 is 0 Å². The molecule has 3 nitrogen and oxygen atoms in total. The average molecular weight is 166 g/mol. The lowest BCUT2D eigenvalue weighted by molar-refractivity contribution is 0.252. The van der Waals surface area contributed by atoms with Crippen molar-refractivity contribution in [2.24, 2.45) is 5.92 Å². The monoisotopic (exact) mass is 166 g/mol. The van der Waals surface area contributed by atoms with Crippen LogP contribution >= 0.6 is 0 Å². The summed E-state index contributed by atoms with van der Waals surface area (Å²) < 4.78 is 5.54. The number of rotatable bonds is 3. The molecular weight excluding hydrogens is 152 g/mol. The molecule has 0 amide bonds. The van der Waals surface area contributed by atoms with E-state index < -0.39 is 0 Å². The first-order valence-electron chi connectivity index (χ1n) is 4.57. The minimum absolute atomic E-state index is 0.778. The van der Waals surface area contributed by atoms with E-state index in [0.29, 0.717) is 0 Å². The van der Waals surface area contributed by atoms with Gasteiger partial charge in [0.2, 0.25) is 0 Å². The van der Waals surface area contributed by atoms with Crippen LogP contribution in [0, 0.1) is 5.92 Å². The predicted molar refractivity (Wildman–Crippen MR) is 46.0 cm³/mol. The summed E-state index contributed by atoms with van der Waals surface area (Å²) in [7, 11) is 0. The van der Waals surface area contributed by atoms with Gasteiger partial charge in [-0.2, -0.15) is 5.10 Å². The first-order chi connectivity index (χ1) is 5.95. The number of aromatic nitrogens is 2. The van der Waals surface area contributed by atoms with Crippen LogP contribution in [-0.2, 0) is 0 Å². The zero-order chi connectivity index (χ0) is 8.23. The topological polar surface area (TPSA) is 37.9 Å². The lowest BCUT2D eigenvalue weighted by atomic mass is 10.1. The molecule has 0 atom stereocenters. The van der Waals surface area contributed by atoms with E-state index in [4.69, 9.17) is 4.74 Å². The van der Waals surface area contributed by atoms with Crippen molar-refractivity contribution in [3.63, 3.8) is 0 Å². The van der Waals surface area contributed by atoms with Crippen LogP contribution in [0.4, 0.5) is 0 Å². The Hall–Kier alpha value is -0.990. The first-order valence-corrected chi connectivity index (χ1v) is 4.57. The van der Waals surface area contributed by atoms with Crippen LogP contribution in [0.3, 0.4) is 0 Å². The second-order valence-electron chi connectivity index (χ2n) is 3.40. The van der Waals surface area contributed by atoms with Crippen molar-refractivity contribution in [1.29, 1.82) is 0 Å². The van der Waals surface area contributed by atoms with Crippen LogP contribution in [0.2, 0.25) is 0 Å². The van der Waals surface area contributed by atoms with Gasteiger partial charge in [0.15, 0.2) is 5.75 Å². The molecule has 1 aromatic heterocycles. The molecule has 1 N–H and O–H groups in total. The summed E-state index contributed by atoms with van der Waals surface area (Å²) in [4.78, 5) is 0. The van der Waals surface area contributed by atoms with Crippen molar-refractivity contribution in [2.75, 3.05) is 6.61 Å². The lowest BCUT2D eigenvalue weighted by Gasteiger charge is -2.08. The van der Waals surface area contributed by atoms with E-state index in [1.807, 2.05) is 0 Å². The quantitative estimate of drug-likeness (QED) is 0.745. The summed E-state index contributed by atoms with van der Waals surface area (Å²) in [6.45, 7) is 0.861. The van der Waals surface area contributed by atoms with Crippen LogP contribution in [0.25, 0.3) is 0 Å². The molecule has 0 aliphatic heterocycles. The van der Waals surface area contributed by atoms with Crippen molar-refractivity contribution in [2.45, 2.75) is 25.7 Å². The maximum Gasteiger partial charge on any atom is 0.156 e. The van der Waals surface area contributed by atoms with E-state index in [2.05, 4.69) is 10.2 Å². The fourth-order valence-electron chi connectivity index (χ4n) is 1.71. The smallest absolute Gasteiger partial charge is 0.156 e. The largest absolute Gasteiger partial charge is 0.490 e. The SMILES string of the molecule is c1n[nH]cc1OCC1CCCC1. The van der Waals surface area contributed by atoms with Crippen molar-refractivity contribution in [1.82, 2.24) is 10.2 Å². The van der Waals surface area contributed by atoms with Crippen LogP contribution in [0.15, 0.2) is 12.4 Å². The number of hydrogen-bond donors (Lipinski definition) is 1. The molecular formula is C9H14N2O. The fraction of sp³-hybridized carbons (Fsp3) is 0.667. The number of nitrogens with one attached hydrogen (secondary N) is 1. The minimum atomic E-state index is 0.778. The van der Waals surface area contributed by atoms with Crippen molar-refractivity contribution in [3.05, 3.63) is 12.4 Å². The number of ether oxygens (including phenoxy) is 1. The predicted octanol–water partition coefficient (Wildman–Crippen LogP) is 1.98. The summed E-state index contributed by atoms with van der Waals surface area (Å²) >= 11 is 0. The summed E-state index contributed by atoms with van der Waals surface area (Å²) in [6, 6.07) is 0. The molecule has 1 aromatic rings. The molecule has 66 valence electrons. The zero-order valence-corrected chi connectivity index (χ0v) is 7.12. The van der Waals surface area contributed by atoms with E-state index in [9.17, 15) is 0 Å². The van der Waals surface area contributed by atoms with Gasteiger partial charge in [0, 0.05) is 0 Å². The molecule has 0 aromatic carbocycles. The molecule has 0 spiro atoms. The molecule has 2 rings (SSSR count). The van der Waals surface area contributed by atoms with Crippen molar-refractivity contribution < 1.29 is 4.74 Å². The highest BCUT2D eigenvalue weighted by Crippen LogP contribution is 2.25. The fourth-order valence-corrected chi connectivity index (χ4v) is 1.71. The molecule has 1 heterocycles. The Balaban J connectivity index is 1.74. The van der Waals surface area contributed by atoms with Gasteiger partial charge in [-0.1, -0.05) is 12.8 Å². The van der Waals surface area contributed by atoms with E-state index in [-0.39, 0.29) is 0 Å². The summed E-state index contributed by atoms with van der Waals surface area (Å²) in [5.41, 5.74) is 0. The van der Waals surface area contributed by atoms with Crippen LogP contribution in [0.1, 0.15) is 25.7 Å². The van der Waals surface area contributed by atoms with E-state index in [1.165, 1.54) is 25.7 Å². The molecule has 0 unspecified atom stereocenters. The number of aromatic amines is 1. The third-order valence-corrected chi connectivity index (χ3v) is 2.43. The number of H-pyrrole nitrogens is 1. The zero-order valence-electron chi connectivity index (χ0n) is 7.12. The average Bonchev–Trinajstić information content (AvgIpc) is 2.74. The van der Waals surface area contributed by atoms with Crippen molar-refractivity contribution in [3.8, 4) is 5.75 Å². The molecule has 12 heavy (non-hydrogen) atoms. The Morgan fingerprint density at radius 2 is 2.33 bits per heavy atom. The van der Waals surface area contributed by atoms with Gasteiger partial charge in [-0.3, -0.25) is 5.10 Å². The Bertz CT molecular complexity index is 214. The van der Waals surface area contributed by atoms with E-state index in [0.717, 1.165) is 18.3 Å². The van der Waals surface area contributed by atoms with Crippen molar-refractivity contribution >= 4 is 0 Å². The highest BCUT2D eigenvalue weighted by atomic mass is 16.5. The summed E-state index contributed by atoms with van der Waals surface area (Å²) in [5.74, 6) is 1.64. The Kier molecular flexibility index (Phi) is 2.30. The third-order valence-electron chi connectivity index (χ3n) is 2.43. The number of nitrogens with zero attached hydrogens (tertiary/aromatic N) is 1. The van der Waals surface area contributed by atoms with Gasteiger partial charge in [-0.25, -0.2) is 0 Å². The Morgan fingerprint density at radius 3 is 3.00 bits per heavy atom. The minimum Gasteiger partial charge on any atom is -0.490 e. The van der Waals surface area contributed by atoms with E-state index in [1.54, 1.807) is 12.4 Å². The van der Waals surface area contributed by atoms with Gasteiger partial charge in [0.25, 0.3) is 0 Å². The Labute approximate surface area is 72.1 Å². The molecule has 0 radical (unpaired) electrons. The van der Waals surface area contributed by atoms with Gasteiger partial charge in [0.1, 0.15) is 0 Å². The van der Waals surface area contributed by atoms with E-state index >= 15 is 0 Å². The molecule has 3 heteroatoms. The van der Waals surface area contributed by atoms with Crippen LogP contribution in [-0.4, -0.2) is 16.8 Å². The summed E-state index contributed by atoms with van der Waals surface area (Å²) in [6.07, 6.45) is 8.92. The van der Waals surface area contributed by atoms with Crippen LogP contribution < -0.4 is 4.74 Å². The number of hydrogen-bond acceptors (Lipinski definition) is 2.